The third-order valence-electron chi connectivity index (χ3n) is 2.94. The summed E-state index contributed by atoms with van der Waals surface area (Å²) < 4.78 is 0.389. The van der Waals surface area contributed by atoms with Crippen molar-refractivity contribution >= 4 is 12.6 Å². The standard InChI is InChI=1S/C10H20S/c1-2-10(11)8-6-4-3-5-7-9-10/h11H,2-9H2,1H3. The Bertz CT molecular complexity index is 101. The lowest BCUT2D eigenvalue weighted by molar-refractivity contribution is 0.408. The van der Waals surface area contributed by atoms with Gasteiger partial charge in [0.25, 0.3) is 0 Å². The zero-order valence-corrected chi connectivity index (χ0v) is 8.50. The lowest BCUT2D eigenvalue weighted by Crippen LogP contribution is -2.21. The van der Waals surface area contributed by atoms with Crippen LogP contribution in [0.15, 0.2) is 0 Å². The molecule has 0 saturated heterocycles. The van der Waals surface area contributed by atoms with Crippen molar-refractivity contribution in [3.63, 3.8) is 0 Å². The lowest BCUT2D eigenvalue weighted by Gasteiger charge is -2.29. The third-order valence-corrected chi connectivity index (χ3v) is 3.71. The van der Waals surface area contributed by atoms with Gasteiger partial charge in [0.15, 0.2) is 0 Å². The minimum absolute atomic E-state index is 0.389. The first-order valence-electron chi connectivity index (χ1n) is 4.99. The van der Waals surface area contributed by atoms with Crippen LogP contribution >= 0.6 is 12.6 Å². The summed E-state index contributed by atoms with van der Waals surface area (Å²) in [6.07, 6.45) is 11.0. The minimum Gasteiger partial charge on any atom is -0.173 e. The highest BCUT2D eigenvalue weighted by Crippen LogP contribution is 2.34. The van der Waals surface area contributed by atoms with E-state index in [9.17, 15) is 0 Å². The Labute approximate surface area is 76.2 Å². The number of hydrogen-bond acceptors (Lipinski definition) is 1. The third kappa shape index (κ3) is 3.06. The Morgan fingerprint density at radius 1 is 1.00 bits per heavy atom. The predicted molar refractivity (Wildman–Crippen MR) is 54.3 cm³/mol. The highest BCUT2D eigenvalue weighted by atomic mass is 32.1. The largest absolute Gasteiger partial charge is 0.173 e. The Kier molecular flexibility index (Phi) is 3.77. The summed E-state index contributed by atoms with van der Waals surface area (Å²) in [5.74, 6) is 0. The zero-order valence-electron chi connectivity index (χ0n) is 7.60. The maximum absolute atomic E-state index is 4.77. The molecule has 0 nitrogen and oxygen atoms in total. The molecule has 0 heterocycles. The van der Waals surface area contributed by atoms with Crippen LogP contribution < -0.4 is 0 Å². The van der Waals surface area contributed by atoms with Gasteiger partial charge in [0.1, 0.15) is 0 Å². The van der Waals surface area contributed by atoms with Crippen molar-refractivity contribution in [1.29, 1.82) is 0 Å². The molecule has 0 spiro atoms. The predicted octanol–water partition coefficient (Wildman–Crippen LogP) is 3.81. The fourth-order valence-electron chi connectivity index (χ4n) is 1.92. The Hall–Kier alpha value is 0.350. The zero-order chi connectivity index (χ0) is 8.16. The molecule has 66 valence electrons. The molecule has 1 aliphatic rings. The van der Waals surface area contributed by atoms with Crippen LogP contribution in [0.2, 0.25) is 0 Å². The molecule has 1 saturated carbocycles. The summed E-state index contributed by atoms with van der Waals surface area (Å²) in [6, 6.07) is 0. The topological polar surface area (TPSA) is 0 Å². The number of rotatable bonds is 1. The van der Waals surface area contributed by atoms with Gasteiger partial charge >= 0.3 is 0 Å². The number of hydrogen-bond donors (Lipinski definition) is 1. The summed E-state index contributed by atoms with van der Waals surface area (Å²) in [7, 11) is 0. The Morgan fingerprint density at radius 2 is 1.45 bits per heavy atom. The van der Waals surface area contributed by atoms with Gasteiger partial charge in [0, 0.05) is 4.75 Å². The van der Waals surface area contributed by atoms with Crippen molar-refractivity contribution < 1.29 is 0 Å². The van der Waals surface area contributed by atoms with E-state index in [1.54, 1.807) is 0 Å². The summed E-state index contributed by atoms with van der Waals surface area (Å²) in [6.45, 7) is 2.27. The van der Waals surface area contributed by atoms with Gasteiger partial charge in [-0.25, -0.2) is 0 Å². The second-order valence-electron chi connectivity index (χ2n) is 3.85. The maximum atomic E-state index is 4.77. The second kappa shape index (κ2) is 4.39. The van der Waals surface area contributed by atoms with E-state index in [1.807, 2.05) is 0 Å². The monoisotopic (exact) mass is 172 g/mol. The molecule has 1 aliphatic carbocycles. The van der Waals surface area contributed by atoms with Crippen molar-refractivity contribution in [2.75, 3.05) is 0 Å². The summed E-state index contributed by atoms with van der Waals surface area (Å²) >= 11 is 4.77. The first-order chi connectivity index (χ1) is 5.27. The summed E-state index contributed by atoms with van der Waals surface area (Å²) in [5, 5.41) is 0. The molecule has 0 aliphatic heterocycles. The Morgan fingerprint density at radius 3 is 1.91 bits per heavy atom. The lowest BCUT2D eigenvalue weighted by atomic mass is 9.88. The first kappa shape index (κ1) is 9.44. The maximum Gasteiger partial charge on any atom is 0.0127 e. The molecule has 11 heavy (non-hydrogen) atoms. The van der Waals surface area contributed by atoms with Crippen LogP contribution in [-0.4, -0.2) is 4.75 Å². The van der Waals surface area contributed by atoms with Crippen LogP contribution in [-0.2, 0) is 0 Å². The van der Waals surface area contributed by atoms with Crippen LogP contribution in [0, 0.1) is 0 Å². The second-order valence-corrected chi connectivity index (χ2v) is 4.79. The molecule has 0 N–H and O–H groups in total. The average molecular weight is 172 g/mol. The van der Waals surface area contributed by atoms with Crippen LogP contribution in [0.4, 0.5) is 0 Å². The molecule has 0 aromatic heterocycles. The highest BCUT2D eigenvalue weighted by molar-refractivity contribution is 7.81. The van der Waals surface area contributed by atoms with E-state index in [0.717, 1.165) is 0 Å². The fraction of sp³-hybridized carbons (Fsp3) is 1.00. The van der Waals surface area contributed by atoms with Gasteiger partial charge in [0.05, 0.1) is 0 Å². The molecule has 0 bridgehead atoms. The van der Waals surface area contributed by atoms with Crippen molar-refractivity contribution in [2.45, 2.75) is 63.0 Å². The average Bonchev–Trinajstić information content (AvgIpc) is 1.98. The molecule has 0 unspecified atom stereocenters. The van der Waals surface area contributed by atoms with Gasteiger partial charge in [-0.05, 0) is 19.3 Å². The van der Waals surface area contributed by atoms with E-state index in [2.05, 4.69) is 6.92 Å². The van der Waals surface area contributed by atoms with Gasteiger partial charge in [-0.1, -0.05) is 39.0 Å². The van der Waals surface area contributed by atoms with E-state index in [-0.39, 0.29) is 0 Å². The van der Waals surface area contributed by atoms with E-state index in [4.69, 9.17) is 12.6 Å². The van der Waals surface area contributed by atoms with Crippen molar-refractivity contribution in [1.82, 2.24) is 0 Å². The smallest absolute Gasteiger partial charge is 0.0127 e. The summed E-state index contributed by atoms with van der Waals surface area (Å²) in [4.78, 5) is 0. The fourth-order valence-corrected chi connectivity index (χ4v) is 2.23. The molecule has 0 atom stereocenters. The minimum atomic E-state index is 0.389. The van der Waals surface area contributed by atoms with Crippen molar-refractivity contribution in [3.05, 3.63) is 0 Å². The van der Waals surface area contributed by atoms with Crippen molar-refractivity contribution in [2.24, 2.45) is 0 Å². The van der Waals surface area contributed by atoms with Gasteiger partial charge in [0.2, 0.25) is 0 Å². The van der Waals surface area contributed by atoms with E-state index in [1.165, 1.54) is 51.4 Å². The van der Waals surface area contributed by atoms with Gasteiger partial charge < -0.3 is 0 Å². The van der Waals surface area contributed by atoms with Crippen LogP contribution in [0.5, 0.6) is 0 Å². The molecule has 0 aromatic carbocycles. The quantitative estimate of drug-likeness (QED) is 0.571. The molecule has 0 amide bonds. The van der Waals surface area contributed by atoms with E-state index < -0.39 is 0 Å². The SMILES string of the molecule is CCC1(S)CCCCCCC1. The molecule has 0 aromatic rings. The summed E-state index contributed by atoms with van der Waals surface area (Å²) in [5.41, 5.74) is 0. The first-order valence-corrected chi connectivity index (χ1v) is 5.44. The highest BCUT2D eigenvalue weighted by Gasteiger charge is 2.22. The van der Waals surface area contributed by atoms with Crippen molar-refractivity contribution in [3.8, 4) is 0 Å². The van der Waals surface area contributed by atoms with Gasteiger partial charge in [-0.3, -0.25) is 0 Å². The molecule has 0 radical (unpaired) electrons. The normalized spacial score (nSPS) is 25.6. The molecular formula is C10H20S. The molecule has 1 fully saturated rings. The molecule has 1 heteroatoms. The number of thiol groups is 1. The van der Waals surface area contributed by atoms with Gasteiger partial charge in [-0.2, -0.15) is 12.6 Å². The molecule has 1 rings (SSSR count). The van der Waals surface area contributed by atoms with Gasteiger partial charge in [-0.15, -0.1) is 0 Å². The van der Waals surface area contributed by atoms with Crippen LogP contribution in [0.25, 0.3) is 0 Å². The molecular weight excluding hydrogens is 152 g/mol. The van der Waals surface area contributed by atoms with E-state index in [0.29, 0.717) is 4.75 Å². The van der Waals surface area contributed by atoms with Crippen LogP contribution in [0.1, 0.15) is 58.3 Å². The van der Waals surface area contributed by atoms with Crippen LogP contribution in [0.3, 0.4) is 0 Å². The van der Waals surface area contributed by atoms with E-state index >= 15 is 0 Å². The Balaban J connectivity index is 2.37.